The van der Waals surface area contributed by atoms with Gasteiger partial charge < -0.3 is 14.2 Å². The Labute approximate surface area is 161 Å². The van der Waals surface area contributed by atoms with E-state index in [-0.39, 0.29) is 37.7 Å². The van der Waals surface area contributed by atoms with Crippen LogP contribution in [0, 0.1) is 0 Å². The van der Waals surface area contributed by atoms with Crippen molar-refractivity contribution in [1.82, 2.24) is 5.48 Å². The first kappa shape index (κ1) is 18.7. The zero-order chi connectivity index (χ0) is 19.8. The molecule has 8 nitrogen and oxygen atoms in total. The summed E-state index contributed by atoms with van der Waals surface area (Å²) < 4.78 is 40.6. The van der Waals surface area contributed by atoms with Crippen LogP contribution in [0.5, 0.6) is 11.5 Å². The van der Waals surface area contributed by atoms with Gasteiger partial charge in [0.2, 0.25) is 6.79 Å². The lowest BCUT2D eigenvalue weighted by molar-refractivity contribution is -0.134. The van der Waals surface area contributed by atoms with Crippen molar-refractivity contribution in [2.45, 2.75) is 22.5 Å². The number of benzene rings is 2. The summed E-state index contributed by atoms with van der Waals surface area (Å²) in [6, 6.07) is 11.8. The molecule has 2 N–H and O–H groups in total. The highest BCUT2D eigenvalue weighted by molar-refractivity contribution is 7.93. The number of hydrogen-bond acceptors (Lipinski definition) is 7. The molecule has 0 saturated carbocycles. The molecule has 0 spiro atoms. The van der Waals surface area contributed by atoms with Crippen molar-refractivity contribution in [2.24, 2.45) is 0 Å². The van der Waals surface area contributed by atoms with Crippen LogP contribution < -0.4 is 15.0 Å². The molecule has 4 rings (SSSR count). The molecule has 2 aromatic rings. The van der Waals surface area contributed by atoms with Crippen LogP contribution in [-0.2, 0) is 19.4 Å². The Hall–Kier alpha value is -2.62. The Kier molecular flexibility index (Phi) is 4.74. The van der Waals surface area contributed by atoms with E-state index < -0.39 is 20.5 Å². The second-order valence-electron chi connectivity index (χ2n) is 6.64. The van der Waals surface area contributed by atoms with Crippen LogP contribution in [0.4, 0.5) is 0 Å². The minimum atomic E-state index is -4.04. The number of nitrogens with one attached hydrogen (secondary N) is 1. The van der Waals surface area contributed by atoms with Crippen LogP contribution in [0.25, 0.3) is 11.1 Å². The Morgan fingerprint density at radius 1 is 0.964 bits per heavy atom. The first-order chi connectivity index (χ1) is 13.5. The van der Waals surface area contributed by atoms with Gasteiger partial charge in [-0.2, -0.15) is 0 Å². The van der Waals surface area contributed by atoms with Crippen molar-refractivity contribution in [2.75, 3.05) is 20.0 Å². The fraction of sp³-hybridized carbons (Fsp3) is 0.316. The number of amides is 1. The first-order valence-electron chi connectivity index (χ1n) is 8.75. The molecule has 2 aliphatic rings. The van der Waals surface area contributed by atoms with Crippen LogP contribution in [0.1, 0.15) is 12.8 Å². The molecule has 9 heteroatoms. The molecule has 148 valence electrons. The van der Waals surface area contributed by atoms with Gasteiger partial charge in [-0.3, -0.25) is 10.0 Å². The third-order valence-corrected chi connectivity index (χ3v) is 7.72. The van der Waals surface area contributed by atoms with Crippen LogP contribution in [0.2, 0.25) is 0 Å². The van der Waals surface area contributed by atoms with Crippen molar-refractivity contribution >= 4 is 15.7 Å². The normalized spacial score (nSPS) is 17.9. The molecule has 2 aliphatic heterocycles. The number of hydrogen-bond donors (Lipinski definition) is 2. The van der Waals surface area contributed by atoms with E-state index in [0.717, 1.165) is 11.1 Å². The zero-order valence-corrected chi connectivity index (χ0v) is 15.7. The summed E-state index contributed by atoms with van der Waals surface area (Å²) >= 11 is 0. The third-order valence-electron chi connectivity index (χ3n) is 5.20. The molecule has 28 heavy (non-hydrogen) atoms. The molecule has 1 fully saturated rings. The molecule has 0 atom stereocenters. The number of ether oxygens (including phenoxy) is 3. The van der Waals surface area contributed by atoms with E-state index >= 15 is 0 Å². The highest BCUT2D eigenvalue weighted by Gasteiger charge is 2.52. The van der Waals surface area contributed by atoms with Gasteiger partial charge in [0.05, 0.1) is 4.90 Å². The number of carbonyl (C=O) groups is 1. The van der Waals surface area contributed by atoms with E-state index in [2.05, 4.69) is 0 Å². The van der Waals surface area contributed by atoms with Gasteiger partial charge in [-0.15, -0.1) is 0 Å². The van der Waals surface area contributed by atoms with Crippen molar-refractivity contribution in [1.29, 1.82) is 0 Å². The summed E-state index contributed by atoms with van der Waals surface area (Å²) in [7, 11) is -4.04. The van der Waals surface area contributed by atoms with E-state index in [0.29, 0.717) is 11.5 Å². The van der Waals surface area contributed by atoms with Crippen molar-refractivity contribution < 1.29 is 32.6 Å². The highest BCUT2D eigenvalue weighted by Crippen LogP contribution is 2.38. The predicted molar refractivity (Wildman–Crippen MR) is 97.9 cm³/mol. The van der Waals surface area contributed by atoms with Crippen LogP contribution in [0.15, 0.2) is 47.4 Å². The summed E-state index contributed by atoms with van der Waals surface area (Å²) in [5.41, 5.74) is 3.16. The molecule has 1 amide bonds. The molecule has 0 unspecified atom stereocenters. The Morgan fingerprint density at radius 3 is 2.29 bits per heavy atom. The molecule has 0 radical (unpaired) electrons. The fourth-order valence-electron chi connectivity index (χ4n) is 3.55. The number of sulfone groups is 1. The van der Waals surface area contributed by atoms with E-state index in [1.807, 2.05) is 12.1 Å². The fourth-order valence-corrected chi connectivity index (χ4v) is 5.49. The van der Waals surface area contributed by atoms with Crippen LogP contribution in [0.3, 0.4) is 0 Å². The molecule has 1 saturated heterocycles. The maximum absolute atomic E-state index is 13.2. The van der Waals surface area contributed by atoms with Crippen LogP contribution in [-0.4, -0.2) is 44.3 Å². The summed E-state index contributed by atoms with van der Waals surface area (Å²) in [4.78, 5) is 12.3. The van der Waals surface area contributed by atoms with Gasteiger partial charge in [-0.25, -0.2) is 13.9 Å². The molecular formula is C19H19NO7S. The maximum Gasteiger partial charge on any atom is 0.265 e. The smallest absolute Gasteiger partial charge is 0.265 e. The topological polar surface area (TPSA) is 111 Å². The third kappa shape index (κ3) is 2.92. The Bertz CT molecular complexity index is 995. The van der Waals surface area contributed by atoms with Gasteiger partial charge in [0.25, 0.3) is 5.91 Å². The predicted octanol–water partition coefficient (Wildman–Crippen LogP) is 1.91. The van der Waals surface area contributed by atoms with E-state index in [1.165, 1.54) is 17.6 Å². The van der Waals surface area contributed by atoms with Crippen molar-refractivity contribution in [3.63, 3.8) is 0 Å². The summed E-state index contributed by atoms with van der Waals surface area (Å²) in [6.45, 7) is 0.429. The standard InChI is InChI=1S/C19H19NO7S/c21-18(20-22)19(7-9-25-10-8-19)28(23,24)15-4-1-13(2-5-15)14-3-6-16-17(11-14)27-12-26-16/h1-6,11,22H,7-10,12H2,(H,20,21). The summed E-state index contributed by atoms with van der Waals surface area (Å²) in [5, 5.41) is 9.11. The molecule has 2 aromatic carbocycles. The van der Waals surface area contributed by atoms with E-state index in [1.54, 1.807) is 18.2 Å². The van der Waals surface area contributed by atoms with Gasteiger partial charge in [0.1, 0.15) is 0 Å². The average molecular weight is 405 g/mol. The van der Waals surface area contributed by atoms with Gasteiger partial charge in [-0.1, -0.05) is 18.2 Å². The Balaban J connectivity index is 1.68. The average Bonchev–Trinajstić information content (AvgIpc) is 3.21. The summed E-state index contributed by atoms with van der Waals surface area (Å²) in [5.74, 6) is 0.366. The number of hydroxylamine groups is 1. The number of rotatable bonds is 4. The lowest BCUT2D eigenvalue weighted by Crippen LogP contribution is -2.54. The van der Waals surface area contributed by atoms with Crippen molar-refractivity contribution in [3.8, 4) is 22.6 Å². The summed E-state index contributed by atoms with van der Waals surface area (Å²) in [6.07, 6.45) is -0.0444. The lowest BCUT2D eigenvalue weighted by atomic mass is 9.98. The minimum absolute atomic E-state index is 0.0162. The molecule has 0 aromatic heterocycles. The largest absolute Gasteiger partial charge is 0.454 e. The number of carbonyl (C=O) groups excluding carboxylic acids is 1. The van der Waals surface area contributed by atoms with E-state index in [9.17, 15) is 13.2 Å². The second kappa shape index (κ2) is 7.08. The quantitative estimate of drug-likeness (QED) is 0.590. The maximum atomic E-state index is 13.2. The van der Waals surface area contributed by atoms with Gasteiger partial charge in [0, 0.05) is 13.2 Å². The SMILES string of the molecule is O=C(NO)C1(S(=O)(=O)c2ccc(-c3ccc4c(c3)OCO4)cc2)CCOCC1. The molecular weight excluding hydrogens is 386 g/mol. The van der Waals surface area contributed by atoms with Gasteiger partial charge >= 0.3 is 0 Å². The van der Waals surface area contributed by atoms with E-state index in [4.69, 9.17) is 19.4 Å². The highest BCUT2D eigenvalue weighted by atomic mass is 32.2. The monoisotopic (exact) mass is 405 g/mol. The Morgan fingerprint density at radius 2 is 1.61 bits per heavy atom. The minimum Gasteiger partial charge on any atom is -0.454 e. The van der Waals surface area contributed by atoms with Crippen LogP contribution >= 0.6 is 0 Å². The molecule has 2 heterocycles. The first-order valence-corrected chi connectivity index (χ1v) is 10.2. The van der Waals surface area contributed by atoms with Crippen molar-refractivity contribution in [3.05, 3.63) is 42.5 Å². The van der Waals surface area contributed by atoms with Gasteiger partial charge in [0.15, 0.2) is 26.1 Å². The molecule has 0 bridgehead atoms. The second-order valence-corrected chi connectivity index (χ2v) is 8.90. The number of fused-ring (bicyclic) bond motifs is 1. The zero-order valence-electron chi connectivity index (χ0n) is 14.9. The van der Waals surface area contributed by atoms with Gasteiger partial charge in [-0.05, 0) is 48.2 Å². The molecule has 0 aliphatic carbocycles. The lowest BCUT2D eigenvalue weighted by Gasteiger charge is -2.34.